The number of fused-ring (bicyclic) bond motifs is 3. The van der Waals surface area contributed by atoms with Gasteiger partial charge in [0.2, 0.25) is 0 Å². The van der Waals surface area contributed by atoms with Crippen LogP contribution in [0.2, 0.25) is 0 Å². The minimum atomic E-state index is 0.929. The fraction of sp³-hybridized carbons (Fsp3) is 0. The van der Waals surface area contributed by atoms with Crippen molar-refractivity contribution in [1.29, 1.82) is 0 Å². The lowest BCUT2D eigenvalue weighted by Gasteiger charge is -2.26. The van der Waals surface area contributed by atoms with Crippen molar-refractivity contribution in [1.82, 2.24) is 14.5 Å². The molecule has 0 amide bonds. The van der Waals surface area contributed by atoms with Crippen LogP contribution in [0.3, 0.4) is 0 Å². The molecule has 0 aliphatic heterocycles. The van der Waals surface area contributed by atoms with Gasteiger partial charge < -0.3 is 14.4 Å². The Balaban J connectivity index is 0.917. The molecule has 5 heteroatoms. The van der Waals surface area contributed by atoms with Gasteiger partial charge in [-0.1, -0.05) is 261 Å². The second-order valence-corrected chi connectivity index (χ2v) is 23.3. The van der Waals surface area contributed by atoms with E-state index in [0.717, 1.165) is 151 Å². The first-order valence-corrected chi connectivity index (χ1v) is 31.6. The summed E-state index contributed by atoms with van der Waals surface area (Å²) in [5, 5.41) is 2.24. The van der Waals surface area contributed by atoms with E-state index in [4.69, 9.17) is 9.97 Å². The van der Waals surface area contributed by atoms with E-state index >= 15 is 0 Å². The first-order chi connectivity index (χ1) is 46.1. The van der Waals surface area contributed by atoms with Gasteiger partial charge in [-0.3, -0.25) is 0 Å². The van der Waals surface area contributed by atoms with Crippen LogP contribution < -0.4 is 9.80 Å². The van der Waals surface area contributed by atoms with Crippen LogP contribution in [0, 0.1) is 0 Å². The highest BCUT2D eigenvalue weighted by molar-refractivity contribution is 6.13. The summed E-state index contributed by atoms with van der Waals surface area (Å²) in [6, 6.07) is 133. The Morgan fingerprint density at radius 2 is 0.462 bits per heavy atom. The van der Waals surface area contributed by atoms with Gasteiger partial charge in [0.15, 0.2) is 0 Å². The third-order valence-corrected chi connectivity index (χ3v) is 17.6. The lowest BCUT2D eigenvalue weighted by Crippen LogP contribution is -2.09. The minimum Gasteiger partial charge on any atom is -0.310 e. The predicted molar refractivity (Wildman–Crippen MR) is 389 cm³/mol. The molecular weight excluding hydrogens is 1130 g/mol. The van der Waals surface area contributed by atoms with Gasteiger partial charge >= 0.3 is 0 Å². The summed E-state index contributed by atoms with van der Waals surface area (Å²) < 4.78 is 2.53. The zero-order chi connectivity index (χ0) is 61.9. The van der Waals surface area contributed by atoms with Crippen molar-refractivity contribution in [3.05, 3.63) is 370 Å². The highest BCUT2D eigenvalue weighted by Crippen LogP contribution is 2.47. The molecule has 3 aromatic heterocycles. The van der Waals surface area contributed by atoms with Crippen LogP contribution in [-0.4, -0.2) is 14.5 Å². The number of anilines is 6. The second-order valence-electron chi connectivity index (χ2n) is 23.3. The van der Waals surface area contributed by atoms with Gasteiger partial charge in [0.1, 0.15) is 0 Å². The molecule has 0 saturated heterocycles. The van der Waals surface area contributed by atoms with Crippen molar-refractivity contribution < 1.29 is 0 Å². The summed E-state index contributed by atoms with van der Waals surface area (Å²) in [4.78, 5) is 15.2. The summed E-state index contributed by atoms with van der Waals surface area (Å²) in [7, 11) is 0. The zero-order valence-electron chi connectivity index (χ0n) is 51.0. The minimum absolute atomic E-state index is 0.929. The Bertz CT molecular complexity index is 4740. The van der Waals surface area contributed by atoms with Gasteiger partial charge in [0, 0.05) is 78.3 Å². The molecule has 16 aromatic rings. The maximum absolute atomic E-state index is 5.23. The normalized spacial score (nSPS) is 11.2. The number of nitrogens with zero attached hydrogens (tertiary/aromatic N) is 5. The van der Waals surface area contributed by atoms with Crippen molar-refractivity contribution in [2.75, 3.05) is 9.80 Å². The van der Waals surface area contributed by atoms with Gasteiger partial charge in [-0.15, -0.1) is 0 Å². The van der Waals surface area contributed by atoms with Crippen LogP contribution >= 0.6 is 0 Å². The van der Waals surface area contributed by atoms with E-state index in [0.29, 0.717) is 0 Å². The first-order valence-electron chi connectivity index (χ1n) is 31.6. The molecule has 0 N–H and O–H groups in total. The third-order valence-electron chi connectivity index (χ3n) is 17.6. The van der Waals surface area contributed by atoms with E-state index in [1.807, 2.05) is 0 Å². The fourth-order valence-corrected chi connectivity index (χ4v) is 13.1. The third kappa shape index (κ3) is 11.1. The van der Waals surface area contributed by atoms with E-state index in [2.05, 4.69) is 384 Å². The molecule has 16 rings (SSSR count). The predicted octanol–water partition coefficient (Wildman–Crippen LogP) is 23.8. The van der Waals surface area contributed by atoms with Crippen LogP contribution in [-0.2, 0) is 0 Å². The van der Waals surface area contributed by atoms with Gasteiger partial charge in [-0.2, -0.15) is 0 Å². The molecule has 93 heavy (non-hydrogen) atoms. The lowest BCUT2D eigenvalue weighted by atomic mass is 9.92. The van der Waals surface area contributed by atoms with E-state index in [1.54, 1.807) is 0 Å². The molecule has 0 atom stereocenters. The van der Waals surface area contributed by atoms with Gasteiger partial charge in [-0.05, 0) is 143 Å². The molecule has 5 nitrogen and oxygen atoms in total. The van der Waals surface area contributed by atoms with Gasteiger partial charge in [0.05, 0.1) is 39.5 Å². The molecule has 0 aliphatic carbocycles. The van der Waals surface area contributed by atoms with Crippen molar-refractivity contribution in [3.63, 3.8) is 0 Å². The Labute approximate surface area is 542 Å². The van der Waals surface area contributed by atoms with Crippen LogP contribution in [0.1, 0.15) is 0 Å². The maximum atomic E-state index is 5.23. The number of hydrogen-bond acceptors (Lipinski definition) is 4. The Morgan fingerprint density at radius 3 is 0.753 bits per heavy atom. The Morgan fingerprint density at radius 1 is 0.194 bits per heavy atom. The number of rotatable bonds is 15. The average Bonchev–Trinajstić information content (AvgIpc) is 1.59. The molecule has 0 saturated carbocycles. The molecule has 438 valence electrons. The molecular formula is C88H61N5. The largest absolute Gasteiger partial charge is 0.310 e. The summed E-state index contributed by atoms with van der Waals surface area (Å²) in [5.74, 6) is 0. The smallest absolute Gasteiger partial charge is 0.0715 e. The number of aromatic nitrogens is 3. The zero-order valence-corrected chi connectivity index (χ0v) is 51.0. The molecule has 13 aromatic carbocycles. The van der Waals surface area contributed by atoms with Crippen molar-refractivity contribution in [3.8, 4) is 95.2 Å². The summed E-state index contributed by atoms with van der Waals surface area (Å²) >= 11 is 0. The number of para-hydroxylation sites is 5. The van der Waals surface area contributed by atoms with Crippen molar-refractivity contribution in [2.24, 2.45) is 0 Å². The summed E-state index contributed by atoms with van der Waals surface area (Å²) in [6.07, 6.45) is 0. The number of pyridine rings is 2. The summed E-state index contributed by atoms with van der Waals surface area (Å²) in [6.45, 7) is 0. The molecule has 0 aliphatic rings. The molecule has 0 radical (unpaired) electrons. The fourth-order valence-electron chi connectivity index (χ4n) is 13.1. The molecule has 3 heterocycles. The van der Waals surface area contributed by atoms with Crippen LogP contribution in [0.25, 0.3) is 117 Å². The van der Waals surface area contributed by atoms with Crippen LogP contribution in [0.15, 0.2) is 370 Å². The van der Waals surface area contributed by atoms with Crippen LogP contribution in [0.4, 0.5) is 34.1 Å². The number of benzene rings is 13. The van der Waals surface area contributed by atoms with E-state index in [9.17, 15) is 0 Å². The first kappa shape index (κ1) is 55.8. The van der Waals surface area contributed by atoms with E-state index in [-0.39, 0.29) is 0 Å². The second kappa shape index (κ2) is 24.9. The molecule has 0 spiro atoms. The summed E-state index contributed by atoms with van der Waals surface area (Å²) in [5.41, 5.74) is 26.4. The number of hydrogen-bond donors (Lipinski definition) is 0. The monoisotopic (exact) mass is 1190 g/mol. The lowest BCUT2D eigenvalue weighted by molar-refractivity contribution is 1.18. The quantitative estimate of drug-likeness (QED) is 0.103. The average molecular weight is 1190 g/mol. The maximum Gasteiger partial charge on any atom is 0.0715 e. The SMILES string of the molecule is c1ccc(-c2cc(-c3ccc(-c4cccc(-c5ccc(-c6cc(-c7ccccc7)nc(-c7ccccc7)c6)cc5)c4-n4c5ccc(N(c6ccccc6)c6ccccc6)cc5c5cc(N(c6ccccc6)c6ccccc6)ccc54)cc3)cc(-c3ccccc3)n2)cc1. The Kier molecular flexibility index (Phi) is 14.9. The van der Waals surface area contributed by atoms with E-state index < -0.39 is 0 Å². The topological polar surface area (TPSA) is 37.2 Å². The highest BCUT2D eigenvalue weighted by atomic mass is 15.1. The van der Waals surface area contributed by atoms with Crippen molar-refractivity contribution in [2.45, 2.75) is 0 Å². The highest BCUT2D eigenvalue weighted by Gasteiger charge is 2.24. The van der Waals surface area contributed by atoms with Gasteiger partial charge in [-0.25, -0.2) is 9.97 Å². The van der Waals surface area contributed by atoms with E-state index in [1.165, 1.54) is 0 Å². The molecule has 0 bridgehead atoms. The molecule has 0 fully saturated rings. The van der Waals surface area contributed by atoms with Crippen molar-refractivity contribution >= 4 is 55.9 Å². The Hall–Kier alpha value is -12.4. The van der Waals surface area contributed by atoms with Gasteiger partial charge in [0.25, 0.3) is 0 Å². The van der Waals surface area contributed by atoms with Crippen LogP contribution in [0.5, 0.6) is 0 Å². The standard InChI is InChI=1S/C88H61N5/c1-9-26-66(27-10-1)82-56-70(57-83(89-82)67-28-11-2-12-29-67)62-44-48-64(49-45-62)78-42-25-43-79(65-50-46-63(47-51-65)71-58-84(68-30-13-3-14-31-68)90-85(59-71)69-32-15-4-16-33-69)88(78)93-86-54-52-76(91(72-34-17-5-18-35-72)73-36-19-6-20-37-73)60-80(86)81-61-77(53-55-87(81)93)92(74-38-21-7-22-39-74)75-40-23-8-24-41-75/h1-61H. The molecule has 0 unspecified atom stereocenters.